The first-order chi connectivity index (χ1) is 13.5. The normalized spacial score (nSPS) is 11.0. The summed E-state index contributed by atoms with van der Waals surface area (Å²) in [5.41, 5.74) is 8.71. The Hall–Kier alpha value is -3.20. The molecule has 1 heterocycles. The van der Waals surface area contributed by atoms with Gasteiger partial charge in [-0.15, -0.1) is 0 Å². The minimum absolute atomic E-state index is 0.225. The van der Waals surface area contributed by atoms with Crippen LogP contribution in [-0.2, 0) is 6.54 Å². The van der Waals surface area contributed by atoms with E-state index in [0.29, 0.717) is 6.54 Å². The Bertz CT molecular complexity index is 1110. The van der Waals surface area contributed by atoms with Gasteiger partial charge in [0, 0.05) is 16.7 Å². The highest BCUT2D eigenvalue weighted by atomic mass is 19.1. The third-order valence-electron chi connectivity index (χ3n) is 5.06. The standard InChI is InChI=1S/C25H23FN2/c1-17-7-11-21(12-8-17)24-19(3)25(22-13-9-18(2)10-14-22)28(27-24)16-20-5-4-6-23(26)15-20/h4-15H,16H2,1-3H3. The predicted molar refractivity (Wildman–Crippen MR) is 113 cm³/mol. The van der Waals surface area contributed by atoms with Crippen LogP contribution >= 0.6 is 0 Å². The lowest BCUT2D eigenvalue weighted by molar-refractivity contribution is 0.620. The molecule has 0 aliphatic carbocycles. The first-order valence-corrected chi connectivity index (χ1v) is 9.47. The van der Waals surface area contributed by atoms with Gasteiger partial charge in [0.25, 0.3) is 0 Å². The molecular weight excluding hydrogens is 347 g/mol. The molecule has 3 aromatic carbocycles. The number of aryl methyl sites for hydroxylation is 2. The minimum atomic E-state index is -0.225. The van der Waals surface area contributed by atoms with Crippen LogP contribution in [0.5, 0.6) is 0 Å². The Morgan fingerprint density at radius 2 is 1.39 bits per heavy atom. The van der Waals surface area contributed by atoms with E-state index in [1.807, 2.05) is 10.7 Å². The summed E-state index contributed by atoms with van der Waals surface area (Å²) in [5.74, 6) is -0.225. The lowest BCUT2D eigenvalue weighted by Crippen LogP contribution is -2.04. The Balaban J connectivity index is 1.86. The summed E-state index contributed by atoms with van der Waals surface area (Å²) in [5, 5.41) is 4.93. The van der Waals surface area contributed by atoms with E-state index >= 15 is 0 Å². The number of benzene rings is 3. The van der Waals surface area contributed by atoms with E-state index in [2.05, 4.69) is 69.3 Å². The van der Waals surface area contributed by atoms with Crippen molar-refractivity contribution in [3.63, 3.8) is 0 Å². The molecule has 0 saturated carbocycles. The van der Waals surface area contributed by atoms with Crippen molar-refractivity contribution in [1.82, 2.24) is 9.78 Å². The molecule has 0 N–H and O–H groups in total. The smallest absolute Gasteiger partial charge is 0.123 e. The molecule has 0 aliphatic heterocycles. The van der Waals surface area contributed by atoms with Gasteiger partial charge in [0.05, 0.1) is 17.9 Å². The molecule has 0 amide bonds. The number of halogens is 1. The van der Waals surface area contributed by atoms with Gasteiger partial charge in [0.15, 0.2) is 0 Å². The van der Waals surface area contributed by atoms with Gasteiger partial charge in [-0.1, -0.05) is 71.8 Å². The number of hydrogen-bond acceptors (Lipinski definition) is 1. The minimum Gasteiger partial charge on any atom is -0.260 e. The van der Waals surface area contributed by atoms with Crippen molar-refractivity contribution in [2.75, 3.05) is 0 Å². The monoisotopic (exact) mass is 370 g/mol. The summed E-state index contributed by atoms with van der Waals surface area (Å²) in [6, 6.07) is 23.6. The first kappa shape index (κ1) is 18.2. The van der Waals surface area contributed by atoms with Gasteiger partial charge < -0.3 is 0 Å². The average Bonchev–Trinajstić information content (AvgIpc) is 2.99. The predicted octanol–water partition coefficient (Wildman–Crippen LogP) is 6.33. The maximum absolute atomic E-state index is 13.7. The van der Waals surface area contributed by atoms with E-state index in [9.17, 15) is 4.39 Å². The van der Waals surface area contributed by atoms with Crippen molar-refractivity contribution in [2.24, 2.45) is 0 Å². The van der Waals surface area contributed by atoms with Gasteiger partial charge >= 0.3 is 0 Å². The topological polar surface area (TPSA) is 17.8 Å². The summed E-state index contributed by atoms with van der Waals surface area (Å²) in [6.07, 6.45) is 0. The molecule has 28 heavy (non-hydrogen) atoms. The van der Waals surface area contributed by atoms with E-state index in [0.717, 1.165) is 33.6 Å². The molecule has 0 radical (unpaired) electrons. The highest BCUT2D eigenvalue weighted by Crippen LogP contribution is 2.32. The highest BCUT2D eigenvalue weighted by molar-refractivity contribution is 5.74. The summed E-state index contributed by atoms with van der Waals surface area (Å²) in [6.45, 7) is 6.79. The molecule has 1 aromatic heterocycles. The molecule has 0 unspecified atom stereocenters. The molecule has 0 aliphatic rings. The molecule has 2 nitrogen and oxygen atoms in total. The molecular formula is C25H23FN2. The molecule has 3 heteroatoms. The molecule has 0 fully saturated rings. The van der Waals surface area contributed by atoms with Crippen molar-refractivity contribution < 1.29 is 4.39 Å². The van der Waals surface area contributed by atoms with Crippen LogP contribution in [0.15, 0.2) is 72.8 Å². The highest BCUT2D eigenvalue weighted by Gasteiger charge is 2.17. The molecule has 0 atom stereocenters. The van der Waals surface area contributed by atoms with Crippen molar-refractivity contribution in [1.29, 1.82) is 0 Å². The van der Waals surface area contributed by atoms with Crippen LogP contribution < -0.4 is 0 Å². The fourth-order valence-corrected chi connectivity index (χ4v) is 3.54. The molecule has 0 spiro atoms. The molecule has 0 bridgehead atoms. The Labute approximate surface area is 165 Å². The van der Waals surface area contributed by atoms with Crippen LogP contribution in [0, 0.1) is 26.6 Å². The van der Waals surface area contributed by atoms with E-state index in [4.69, 9.17) is 5.10 Å². The molecule has 4 aromatic rings. The van der Waals surface area contributed by atoms with Crippen LogP contribution in [-0.4, -0.2) is 9.78 Å². The van der Waals surface area contributed by atoms with Crippen LogP contribution in [0.1, 0.15) is 22.3 Å². The number of hydrogen-bond donors (Lipinski definition) is 0. The van der Waals surface area contributed by atoms with Gasteiger partial charge in [-0.3, -0.25) is 4.68 Å². The Kier molecular flexibility index (Phi) is 4.82. The molecule has 140 valence electrons. The summed E-state index contributed by atoms with van der Waals surface area (Å²) in [7, 11) is 0. The fraction of sp³-hybridized carbons (Fsp3) is 0.160. The third kappa shape index (κ3) is 3.61. The Morgan fingerprint density at radius 1 is 0.786 bits per heavy atom. The lowest BCUT2D eigenvalue weighted by Gasteiger charge is -2.09. The van der Waals surface area contributed by atoms with Gasteiger partial charge in [-0.2, -0.15) is 5.10 Å². The molecule has 0 saturated heterocycles. The maximum Gasteiger partial charge on any atom is 0.123 e. The SMILES string of the molecule is Cc1ccc(-c2nn(Cc3cccc(F)c3)c(-c3ccc(C)cc3)c2C)cc1. The van der Waals surface area contributed by atoms with Crippen LogP contribution in [0.4, 0.5) is 4.39 Å². The maximum atomic E-state index is 13.7. The Morgan fingerprint density at radius 3 is 2.00 bits per heavy atom. The van der Waals surface area contributed by atoms with Crippen LogP contribution in [0.3, 0.4) is 0 Å². The van der Waals surface area contributed by atoms with Gasteiger partial charge in [0.2, 0.25) is 0 Å². The zero-order chi connectivity index (χ0) is 19.7. The second-order valence-corrected chi connectivity index (χ2v) is 7.34. The quantitative estimate of drug-likeness (QED) is 0.410. The summed E-state index contributed by atoms with van der Waals surface area (Å²) in [4.78, 5) is 0. The van der Waals surface area contributed by atoms with Crippen molar-refractivity contribution >= 4 is 0 Å². The van der Waals surface area contributed by atoms with E-state index < -0.39 is 0 Å². The number of nitrogens with zero attached hydrogens (tertiary/aromatic N) is 2. The van der Waals surface area contributed by atoms with Crippen molar-refractivity contribution in [3.05, 3.63) is 101 Å². The number of rotatable bonds is 4. The van der Waals surface area contributed by atoms with Crippen LogP contribution in [0.2, 0.25) is 0 Å². The van der Waals surface area contributed by atoms with E-state index in [-0.39, 0.29) is 5.82 Å². The van der Waals surface area contributed by atoms with Crippen LogP contribution in [0.25, 0.3) is 22.5 Å². The third-order valence-corrected chi connectivity index (χ3v) is 5.06. The largest absolute Gasteiger partial charge is 0.260 e. The summed E-state index contributed by atoms with van der Waals surface area (Å²) >= 11 is 0. The molecule has 4 rings (SSSR count). The lowest BCUT2D eigenvalue weighted by atomic mass is 10.0. The second-order valence-electron chi connectivity index (χ2n) is 7.34. The zero-order valence-electron chi connectivity index (χ0n) is 16.4. The second kappa shape index (κ2) is 7.43. The summed E-state index contributed by atoms with van der Waals surface area (Å²) < 4.78 is 15.7. The van der Waals surface area contributed by atoms with Gasteiger partial charge in [-0.05, 0) is 38.5 Å². The first-order valence-electron chi connectivity index (χ1n) is 9.47. The number of aromatic nitrogens is 2. The van der Waals surface area contributed by atoms with Crippen molar-refractivity contribution in [2.45, 2.75) is 27.3 Å². The zero-order valence-corrected chi connectivity index (χ0v) is 16.4. The average molecular weight is 370 g/mol. The van der Waals surface area contributed by atoms with E-state index in [1.165, 1.54) is 17.2 Å². The van der Waals surface area contributed by atoms with Crippen molar-refractivity contribution in [3.8, 4) is 22.5 Å². The van der Waals surface area contributed by atoms with E-state index in [1.54, 1.807) is 12.1 Å². The van der Waals surface area contributed by atoms with Gasteiger partial charge in [-0.25, -0.2) is 4.39 Å². The van der Waals surface area contributed by atoms with Gasteiger partial charge in [0.1, 0.15) is 5.82 Å². The fourth-order valence-electron chi connectivity index (χ4n) is 3.54.